The van der Waals surface area contributed by atoms with Crippen LogP contribution in [0.5, 0.6) is 0 Å². The van der Waals surface area contributed by atoms with E-state index in [4.69, 9.17) is 23.8 Å². The second kappa shape index (κ2) is 5.00. The predicted molar refractivity (Wildman–Crippen MR) is 89.6 cm³/mol. The SMILES string of the molecule is S=c1[nH]c2cccc(Cl)c2n1C1CCc2ccccc2C1. The highest BCUT2D eigenvalue weighted by Crippen LogP contribution is 2.33. The standard InChI is InChI=1S/C17H15ClN2S/c18-14-6-3-7-15-16(14)20(17(21)19-15)13-9-8-11-4-1-2-5-12(11)10-13/h1-7,13H,8-10H2,(H,19,21). The number of H-pyrrole nitrogens is 1. The Kier molecular flexibility index (Phi) is 3.12. The number of halogens is 1. The summed E-state index contributed by atoms with van der Waals surface area (Å²) >= 11 is 11.9. The summed E-state index contributed by atoms with van der Waals surface area (Å²) in [6.45, 7) is 0. The van der Waals surface area contributed by atoms with Gasteiger partial charge in [0.1, 0.15) is 0 Å². The van der Waals surface area contributed by atoms with Crippen LogP contribution < -0.4 is 0 Å². The summed E-state index contributed by atoms with van der Waals surface area (Å²) < 4.78 is 2.98. The van der Waals surface area contributed by atoms with Crippen LogP contribution >= 0.6 is 23.8 Å². The maximum atomic E-state index is 6.41. The van der Waals surface area contributed by atoms with Crippen molar-refractivity contribution in [1.82, 2.24) is 9.55 Å². The number of nitrogens with zero attached hydrogens (tertiary/aromatic N) is 1. The number of fused-ring (bicyclic) bond motifs is 2. The van der Waals surface area contributed by atoms with Gasteiger partial charge in [-0.15, -0.1) is 0 Å². The van der Waals surface area contributed by atoms with Crippen molar-refractivity contribution in [3.8, 4) is 0 Å². The van der Waals surface area contributed by atoms with E-state index in [0.717, 1.165) is 40.1 Å². The lowest BCUT2D eigenvalue weighted by atomic mass is 9.88. The summed E-state index contributed by atoms with van der Waals surface area (Å²) in [6, 6.07) is 15.0. The van der Waals surface area contributed by atoms with Gasteiger partial charge in [-0.1, -0.05) is 41.9 Å². The molecule has 0 saturated heterocycles. The number of aryl methyl sites for hydroxylation is 1. The molecule has 3 aromatic rings. The van der Waals surface area contributed by atoms with Gasteiger partial charge in [0, 0.05) is 6.04 Å². The van der Waals surface area contributed by atoms with Gasteiger partial charge in [-0.05, 0) is 54.7 Å². The van der Waals surface area contributed by atoms with Gasteiger partial charge < -0.3 is 9.55 Å². The van der Waals surface area contributed by atoms with Gasteiger partial charge in [0.15, 0.2) is 4.77 Å². The molecule has 0 saturated carbocycles. The number of para-hydroxylation sites is 1. The summed E-state index contributed by atoms with van der Waals surface area (Å²) in [7, 11) is 0. The minimum atomic E-state index is 0.376. The van der Waals surface area contributed by atoms with Gasteiger partial charge >= 0.3 is 0 Å². The van der Waals surface area contributed by atoms with Crippen molar-refractivity contribution in [2.45, 2.75) is 25.3 Å². The monoisotopic (exact) mass is 314 g/mol. The molecular weight excluding hydrogens is 300 g/mol. The van der Waals surface area contributed by atoms with Crippen LogP contribution in [0.15, 0.2) is 42.5 Å². The second-order valence-corrected chi connectivity index (χ2v) is 6.40. The van der Waals surface area contributed by atoms with Gasteiger partial charge in [-0.25, -0.2) is 0 Å². The van der Waals surface area contributed by atoms with Crippen molar-refractivity contribution in [2.24, 2.45) is 0 Å². The number of hydrogen-bond donors (Lipinski definition) is 1. The Labute approximate surface area is 133 Å². The zero-order valence-corrected chi connectivity index (χ0v) is 13.0. The van der Waals surface area contributed by atoms with E-state index >= 15 is 0 Å². The highest BCUT2D eigenvalue weighted by Gasteiger charge is 2.22. The summed E-state index contributed by atoms with van der Waals surface area (Å²) in [5.74, 6) is 0. The third-order valence-electron chi connectivity index (χ3n) is 4.37. The maximum absolute atomic E-state index is 6.41. The van der Waals surface area contributed by atoms with Crippen molar-refractivity contribution in [2.75, 3.05) is 0 Å². The average Bonchev–Trinajstić information content (AvgIpc) is 2.84. The fourth-order valence-corrected chi connectivity index (χ4v) is 4.00. The molecule has 21 heavy (non-hydrogen) atoms. The molecule has 0 fully saturated rings. The zero-order valence-electron chi connectivity index (χ0n) is 11.5. The van der Waals surface area contributed by atoms with Crippen LogP contribution in [-0.2, 0) is 12.8 Å². The van der Waals surface area contributed by atoms with Crippen molar-refractivity contribution in [1.29, 1.82) is 0 Å². The smallest absolute Gasteiger partial charge is 0.178 e. The first-order chi connectivity index (χ1) is 10.2. The van der Waals surface area contributed by atoms with Gasteiger partial charge in [-0.3, -0.25) is 0 Å². The van der Waals surface area contributed by atoms with Crippen molar-refractivity contribution in [3.05, 3.63) is 63.4 Å². The van der Waals surface area contributed by atoms with Crippen LogP contribution in [0.2, 0.25) is 5.02 Å². The van der Waals surface area contributed by atoms with E-state index in [0.29, 0.717) is 6.04 Å². The largest absolute Gasteiger partial charge is 0.331 e. The number of nitrogens with one attached hydrogen (secondary N) is 1. The quantitative estimate of drug-likeness (QED) is 0.621. The normalized spacial score (nSPS) is 17.9. The number of benzene rings is 2. The van der Waals surface area contributed by atoms with E-state index < -0.39 is 0 Å². The number of aromatic amines is 1. The molecule has 1 N–H and O–H groups in total. The van der Waals surface area contributed by atoms with Gasteiger partial charge in [0.2, 0.25) is 0 Å². The van der Waals surface area contributed by atoms with E-state index in [1.807, 2.05) is 18.2 Å². The van der Waals surface area contributed by atoms with Gasteiger partial charge in [0.25, 0.3) is 0 Å². The molecule has 2 aromatic carbocycles. The van der Waals surface area contributed by atoms with E-state index in [1.165, 1.54) is 11.1 Å². The minimum absolute atomic E-state index is 0.376. The third-order valence-corrected chi connectivity index (χ3v) is 4.98. The van der Waals surface area contributed by atoms with Crippen LogP contribution in [0, 0.1) is 4.77 Å². The Morgan fingerprint density at radius 1 is 1.10 bits per heavy atom. The highest BCUT2D eigenvalue weighted by molar-refractivity contribution is 7.71. The first-order valence-corrected chi connectivity index (χ1v) is 7.98. The predicted octanol–water partition coefficient (Wildman–Crippen LogP) is 5.08. The molecule has 0 spiro atoms. The molecule has 0 radical (unpaired) electrons. The second-order valence-electron chi connectivity index (χ2n) is 5.60. The fourth-order valence-electron chi connectivity index (χ4n) is 3.39. The fraction of sp³-hybridized carbons (Fsp3) is 0.235. The van der Waals surface area contributed by atoms with Crippen LogP contribution in [-0.4, -0.2) is 9.55 Å². The molecule has 1 aliphatic carbocycles. The molecule has 1 aromatic heterocycles. The lowest BCUT2D eigenvalue weighted by Crippen LogP contribution is -2.18. The molecule has 2 nitrogen and oxygen atoms in total. The molecule has 0 bridgehead atoms. The topological polar surface area (TPSA) is 20.7 Å². The molecule has 106 valence electrons. The van der Waals surface area contributed by atoms with E-state index in [2.05, 4.69) is 33.8 Å². The van der Waals surface area contributed by atoms with E-state index in [1.54, 1.807) is 0 Å². The molecule has 1 aliphatic rings. The van der Waals surface area contributed by atoms with E-state index in [-0.39, 0.29) is 0 Å². The molecule has 4 rings (SSSR count). The Morgan fingerprint density at radius 2 is 1.90 bits per heavy atom. The lowest BCUT2D eigenvalue weighted by Gasteiger charge is -2.26. The molecule has 1 unspecified atom stereocenters. The Morgan fingerprint density at radius 3 is 2.76 bits per heavy atom. The summed E-state index contributed by atoms with van der Waals surface area (Å²) in [5.41, 5.74) is 4.95. The maximum Gasteiger partial charge on any atom is 0.178 e. The summed E-state index contributed by atoms with van der Waals surface area (Å²) in [5, 5.41) is 0.763. The first kappa shape index (κ1) is 13.1. The Balaban J connectivity index is 1.85. The van der Waals surface area contributed by atoms with Crippen LogP contribution in [0.3, 0.4) is 0 Å². The molecule has 0 aliphatic heterocycles. The zero-order chi connectivity index (χ0) is 14.4. The number of imidazole rings is 1. The average molecular weight is 315 g/mol. The number of rotatable bonds is 1. The molecule has 0 amide bonds. The molecule has 1 atom stereocenters. The molecular formula is C17H15ClN2S. The van der Waals surface area contributed by atoms with Gasteiger partial charge in [-0.2, -0.15) is 0 Å². The molecule has 4 heteroatoms. The van der Waals surface area contributed by atoms with Crippen molar-refractivity contribution >= 4 is 34.9 Å². The minimum Gasteiger partial charge on any atom is -0.331 e. The summed E-state index contributed by atoms with van der Waals surface area (Å²) in [6.07, 6.45) is 3.21. The van der Waals surface area contributed by atoms with Gasteiger partial charge in [0.05, 0.1) is 16.1 Å². The van der Waals surface area contributed by atoms with Crippen LogP contribution in [0.1, 0.15) is 23.6 Å². The first-order valence-electron chi connectivity index (χ1n) is 7.19. The van der Waals surface area contributed by atoms with E-state index in [9.17, 15) is 0 Å². The highest BCUT2D eigenvalue weighted by atomic mass is 35.5. The molecule has 1 heterocycles. The number of hydrogen-bond acceptors (Lipinski definition) is 1. The van der Waals surface area contributed by atoms with Crippen molar-refractivity contribution < 1.29 is 0 Å². The lowest BCUT2D eigenvalue weighted by molar-refractivity contribution is 0.448. The van der Waals surface area contributed by atoms with Crippen LogP contribution in [0.4, 0.5) is 0 Å². The Bertz CT molecular complexity index is 878. The van der Waals surface area contributed by atoms with Crippen molar-refractivity contribution in [3.63, 3.8) is 0 Å². The third kappa shape index (κ3) is 2.12. The number of aromatic nitrogens is 2. The van der Waals surface area contributed by atoms with Crippen LogP contribution in [0.25, 0.3) is 11.0 Å². The summed E-state index contributed by atoms with van der Waals surface area (Å²) in [4.78, 5) is 3.28. The Hall–Kier alpha value is -1.58.